The number of urea groups is 1. The molecule has 1 fully saturated rings. The lowest BCUT2D eigenvalue weighted by atomic mass is 9.94. The van der Waals surface area contributed by atoms with E-state index in [-0.39, 0.29) is 31.1 Å². The van der Waals surface area contributed by atoms with E-state index in [1.165, 1.54) is 11.1 Å². The van der Waals surface area contributed by atoms with Crippen molar-refractivity contribution in [1.29, 1.82) is 0 Å². The molecule has 5 nitrogen and oxygen atoms in total. The van der Waals surface area contributed by atoms with Crippen LogP contribution in [-0.2, 0) is 6.54 Å². The fourth-order valence-electron chi connectivity index (χ4n) is 3.43. The molecule has 3 N–H and O–H groups in total. The smallest absolute Gasteiger partial charge is 0.315 e. The topological polar surface area (TPSA) is 64.6 Å². The Morgan fingerprint density at radius 2 is 1.72 bits per heavy atom. The molecule has 0 radical (unpaired) electrons. The molecule has 1 heterocycles. The van der Waals surface area contributed by atoms with Gasteiger partial charge in [-0.15, -0.1) is 0 Å². The predicted octanol–water partition coefficient (Wildman–Crippen LogP) is 1.95. The van der Waals surface area contributed by atoms with Gasteiger partial charge in [-0.1, -0.05) is 60.7 Å². The van der Waals surface area contributed by atoms with Crippen LogP contribution in [0.1, 0.15) is 17.0 Å². The highest BCUT2D eigenvalue weighted by atomic mass is 16.3. The van der Waals surface area contributed by atoms with Gasteiger partial charge in [0.2, 0.25) is 0 Å². The average Bonchev–Trinajstić information content (AvgIpc) is 3.03. The summed E-state index contributed by atoms with van der Waals surface area (Å²) in [6, 6.07) is 20.6. The number of aliphatic hydroxyl groups is 1. The molecule has 2 aromatic carbocycles. The number of carbonyl (C=O) groups is 1. The maximum atomic E-state index is 12.0. The fourth-order valence-corrected chi connectivity index (χ4v) is 3.43. The fraction of sp³-hybridized carbons (Fsp3) is 0.350. The third kappa shape index (κ3) is 4.81. The highest BCUT2D eigenvalue weighted by Gasteiger charge is 2.34. The van der Waals surface area contributed by atoms with Crippen LogP contribution in [0.15, 0.2) is 60.7 Å². The molecule has 2 atom stereocenters. The van der Waals surface area contributed by atoms with E-state index in [0.29, 0.717) is 0 Å². The summed E-state index contributed by atoms with van der Waals surface area (Å²) < 4.78 is 0. The summed E-state index contributed by atoms with van der Waals surface area (Å²) in [6.45, 7) is 2.80. The van der Waals surface area contributed by atoms with Crippen LogP contribution in [0.25, 0.3) is 0 Å². The summed E-state index contributed by atoms with van der Waals surface area (Å²) in [5.41, 5.74) is 2.52. The first kappa shape index (κ1) is 17.5. The second-order valence-corrected chi connectivity index (χ2v) is 6.43. The van der Waals surface area contributed by atoms with Crippen LogP contribution in [0.2, 0.25) is 0 Å². The zero-order valence-electron chi connectivity index (χ0n) is 14.3. The van der Waals surface area contributed by atoms with Crippen LogP contribution in [0.4, 0.5) is 4.79 Å². The normalized spacial score (nSPS) is 20.4. The molecule has 0 bridgehead atoms. The first-order chi connectivity index (χ1) is 12.3. The van der Waals surface area contributed by atoms with Crippen molar-refractivity contribution >= 4 is 6.03 Å². The number of hydrogen-bond donors (Lipinski definition) is 3. The molecule has 0 saturated carbocycles. The second-order valence-electron chi connectivity index (χ2n) is 6.43. The highest BCUT2D eigenvalue weighted by molar-refractivity contribution is 5.74. The van der Waals surface area contributed by atoms with Crippen molar-refractivity contribution in [3.8, 4) is 0 Å². The van der Waals surface area contributed by atoms with Gasteiger partial charge < -0.3 is 15.7 Å². The number of hydrogen-bond acceptors (Lipinski definition) is 3. The molecular formula is C20H25N3O2. The molecule has 0 aliphatic carbocycles. The molecule has 132 valence electrons. The van der Waals surface area contributed by atoms with Crippen LogP contribution < -0.4 is 10.6 Å². The molecule has 0 unspecified atom stereocenters. The summed E-state index contributed by atoms with van der Waals surface area (Å²) in [5, 5.41) is 14.6. The third-order valence-electron chi connectivity index (χ3n) is 4.59. The van der Waals surface area contributed by atoms with E-state index < -0.39 is 0 Å². The summed E-state index contributed by atoms with van der Waals surface area (Å²) >= 11 is 0. The molecule has 1 aliphatic rings. The Morgan fingerprint density at radius 3 is 2.40 bits per heavy atom. The van der Waals surface area contributed by atoms with Crippen LogP contribution in [-0.4, -0.2) is 48.3 Å². The lowest BCUT2D eigenvalue weighted by molar-refractivity contribution is 0.229. The Balaban J connectivity index is 1.70. The predicted molar refractivity (Wildman–Crippen MR) is 98.3 cm³/mol. The van der Waals surface area contributed by atoms with Gasteiger partial charge in [-0.2, -0.15) is 0 Å². The van der Waals surface area contributed by atoms with Crippen LogP contribution in [0, 0.1) is 0 Å². The van der Waals surface area contributed by atoms with Gasteiger partial charge in [0.05, 0.1) is 12.6 Å². The number of benzene rings is 2. The van der Waals surface area contributed by atoms with Crippen molar-refractivity contribution in [3.63, 3.8) is 0 Å². The standard InChI is InChI=1S/C20H25N3O2/c24-12-11-21-20(25)22-19-15-23(13-16-7-3-1-4-8-16)14-18(19)17-9-5-2-6-10-17/h1-10,18-19,24H,11-15H2,(H2,21,22,25)/t18-,19+/m0/s1. The van der Waals surface area contributed by atoms with Crippen LogP contribution >= 0.6 is 0 Å². The van der Waals surface area contributed by atoms with Crippen molar-refractivity contribution in [1.82, 2.24) is 15.5 Å². The first-order valence-electron chi connectivity index (χ1n) is 8.72. The Labute approximate surface area is 148 Å². The molecule has 2 aromatic rings. The second kappa shape index (κ2) is 8.65. The van der Waals surface area contributed by atoms with Crippen LogP contribution in [0.3, 0.4) is 0 Å². The molecule has 3 rings (SSSR count). The zero-order valence-corrected chi connectivity index (χ0v) is 14.3. The molecule has 1 saturated heterocycles. The number of nitrogens with zero attached hydrogens (tertiary/aromatic N) is 1. The van der Waals surface area contributed by atoms with Crippen molar-refractivity contribution in [2.45, 2.75) is 18.5 Å². The molecule has 0 aromatic heterocycles. The number of amides is 2. The molecule has 25 heavy (non-hydrogen) atoms. The maximum Gasteiger partial charge on any atom is 0.315 e. The van der Waals surface area contributed by atoms with Crippen molar-refractivity contribution in [3.05, 3.63) is 71.8 Å². The minimum Gasteiger partial charge on any atom is -0.395 e. The van der Waals surface area contributed by atoms with E-state index in [1.807, 2.05) is 24.3 Å². The van der Waals surface area contributed by atoms with Gasteiger partial charge in [0.25, 0.3) is 0 Å². The van der Waals surface area contributed by atoms with Crippen LogP contribution in [0.5, 0.6) is 0 Å². The Morgan fingerprint density at radius 1 is 1.04 bits per heavy atom. The first-order valence-corrected chi connectivity index (χ1v) is 8.72. The SMILES string of the molecule is O=C(NCCO)N[C@@H]1CN(Cc2ccccc2)C[C@H]1c1ccccc1. The maximum absolute atomic E-state index is 12.0. The minimum absolute atomic E-state index is 0.0461. The molecule has 0 spiro atoms. The van der Waals surface area contributed by atoms with Gasteiger partial charge in [0, 0.05) is 32.1 Å². The number of carbonyl (C=O) groups excluding carboxylic acids is 1. The molecule has 5 heteroatoms. The van der Waals surface area contributed by atoms with E-state index >= 15 is 0 Å². The summed E-state index contributed by atoms with van der Waals surface area (Å²) in [6.07, 6.45) is 0. The van der Waals surface area contributed by atoms with Gasteiger partial charge in [0.1, 0.15) is 0 Å². The Hall–Kier alpha value is -2.37. The van der Waals surface area contributed by atoms with E-state index in [2.05, 4.69) is 51.9 Å². The van der Waals surface area contributed by atoms with Crippen molar-refractivity contribution < 1.29 is 9.90 Å². The largest absolute Gasteiger partial charge is 0.395 e. The van der Waals surface area contributed by atoms with E-state index in [4.69, 9.17) is 5.11 Å². The summed E-state index contributed by atoms with van der Waals surface area (Å²) in [7, 11) is 0. The van der Waals surface area contributed by atoms with Gasteiger partial charge in [0.15, 0.2) is 0 Å². The van der Waals surface area contributed by atoms with Crippen molar-refractivity contribution in [2.75, 3.05) is 26.2 Å². The third-order valence-corrected chi connectivity index (χ3v) is 4.59. The van der Waals surface area contributed by atoms with E-state index in [1.54, 1.807) is 0 Å². The van der Waals surface area contributed by atoms with E-state index in [0.717, 1.165) is 19.6 Å². The molecular weight excluding hydrogens is 314 g/mol. The van der Waals surface area contributed by atoms with E-state index in [9.17, 15) is 4.79 Å². The molecule has 1 aliphatic heterocycles. The average molecular weight is 339 g/mol. The number of likely N-dealkylation sites (tertiary alicyclic amines) is 1. The quantitative estimate of drug-likeness (QED) is 0.754. The van der Waals surface area contributed by atoms with Gasteiger partial charge in [-0.25, -0.2) is 4.79 Å². The van der Waals surface area contributed by atoms with Crippen molar-refractivity contribution in [2.24, 2.45) is 0 Å². The Kier molecular flexibility index (Phi) is 6.04. The number of rotatable bonds is 6. The zero-order chi connectivity index (χ0) is 17.5. The summed E-state index contributed by atoms with van der Waals surface area (Å²) in [5.74, 6) is 0.254. The minimum atomic E-state index is -0.221. The molecule has 2 amide bonds. The number of nitrogens with one attached hydrogen (secondary N) is 2. The lowest BCUT2D eigenvalue weighted by Gasteiger charge is -2.20. The number of aliphatic hydroxyl groups excluding tert-OH is 1. The summed E-state index contributed by atoms with van der Waals surface area (Å²) in [4.78, 5) is 14.4. The lowest BCUT2D eigenvalue weighted by Crippen LogP contribution is -2.46. The van der Waals surface area contributed by atoms with Gasteiger partial charge >= 0.3 is 6.03 Å². The monoisotopic (exact) mass is 339 g/mol. The highest BCUT2D eigenvalue weighted by Crippen LogP contribution is 2.28. The van der Waals surface area contributed by atoms with Gasteiger partial charge in [-0.05, 0) is 11.1 Å². The Bertz CT molecular complexity index is 663. The van der Waals surface area contributed by atoms with Gasteiger partial charge in [-0.3, -0.25) is 4.90 Å².